The number of amides is 1. The minimum Gasteiger partial charge on any atom is -0.273 e. The van der Waals surface area contributed by atoms with Crippen LogP contribution >= 0.6 is 0 Å². The first-order valence-electron chi connectivity index (χ1n) is 8.50. The van der Waals surface area contributed by atoms with Gasteiger partial charge in [0.15, 0.2) is 0 Å². The van der Waals surface area contributed by atoms with E-state index >= 15 is 0 Å². The Balaban J connectivity index is 1.55. The van der Waals surface area contributed by atoms with Crippen LogP contribution in [0.1, 0.15) is 51.4 Å². The van der Waals surface area contributed by atoms with Crippen LogP contribution in [0.3, 0.4) is 0 Å². The van der Waals surface area contributed by atoms with Crippen LogP contribution in [0.4, 0.5) is 0 Å². The molecule has 0 unspecified atom stereocenters. The Hall–Kier alpha value is -2.17. The fourth-order valence-corrected chi connectivity index (χ4v) is 3.37. The summed E-state index contributed by atoms with van der Waals surface area (Å²) in [5, 5.41) is 0.512. The molecule has 1 aromatic carbocycles. The van der Waals surface area contributed by atoms with Crippen LogP contribution in [0.15, 0.2) is 35.4 Å². The normalized spacial score (nSPS) is 15.7. The van der Waals surface area contributed by atoms with Crippen LogP contribution in [-0.2, 0) is 4.79 Å². The van der Waals surface area contributed by atoms with Crippen LogP contribution in [0, 0.1) is 5.92 Å². The molecule has 3 rings (SSSR count). The zero-order valence-electron chi connectivity index (χ0n) is 13.3. The predicted molar refractivity (Wildman–Crippen MR) is 90.8 cm³/mol. The topological polar surface area (TPSA) is 64.0 Å². The van der Waals surface area contributed by atoms with Crippen molar-refractivity contribution in [1.29, 1.82) is 0 Å². The minimum absolute atomic E-state index is 0.125. The second-order valence-electron chi connectivity index (χ2n) is 6.37. The Morgan fingerprint density at radius 2 is 2.00 bits per heavy atom. The zero-order chi connectivity index (χ0) is 16.1. The molecule has 1 heterocycles. The van der Waals surface area contributed by atoms with E-state index in [-0.39, 0.29) is 11.5 Å². The summed E-state index contributed by atoms with van der Waals surface area (Å²) >= 11 is 0. The third-order valence-electron chi connectivity index (χ3n) is 4.65. The third kappa shape index (κ3) is 3.97. The smallest absolute Gasteiger partial charge is 0.273 e. The van der Waals surface area contributed by atoms with Gasteiger partial charge in [-0.25, -0.2) is 9.66 Å². The summed E-state index contributed by atoms with van der Waals surface area (Å²) in [7, 11) is 0. The molecule has 1 aromatic heterocycles. The number of nitrogens with zero attached hydrogens (tertiary/aromatic N) is 2. The quantitative estimate of drug-likeness (QED) is 0.922. The van der Waals surface area contributed by atoms with Crippen LogP contribution in [0.2, 0.25) is 0 Å². The van der Waals surface area contributed by atoms with Gasteiger partial charge in [0.2, 0.25) is 5.91 Å². The Morgan fingerprint density at radius 1 is 1.22 bits per heavy atom. The van der Waals surface area contributed by atoms with E-state index < -0.39 is 0 Å². The maximum atomic E-state index is 12.3. The van der Waals surface area contributed by atoms with Crippen molar-refractivity contribution < 1.29 is 4.79 Å². The highest BCUT2D eigenvalue weighted by molar-refractivity contribution is 5.84. The number of benzene rings is 1. The summed E-state index contributed by atoms with van der Waals surface area (Å²) in [5.74, 6) is 0.654. The van der Waals surface area contributed by atoms with Crippen molar-refractivity contribution in [3.05, 3.63) is 40.9 Å². The van der Waals surface area contributed by atoms with Crippen LogP contribution in [0.25, 0.3) is 10.9 Å². The molecule has 5 heteroatoms. The maximum Gasteiger partial charge on any atom is 0.280 e. The molecule has 0 spiro atoms. The molecule has 23 heavy (non-hydrogen) atoms. The molecule has 0 radical (unpaired) electrons. The van der Waals surface area contributed by atoms with Crippen LogP contribution in [-0.4, -0.2) is 15.6 Å². The summed E-state index contributed by atoms with van der Waals surface area (Å²) in [5.41, 5.74) is 3.04. The van der Waals surface area contributed by atoms with Gasteiger partial charge in [-0.15, -0.1) is 0 Å². The first-order chi connectivity index (χ1) is 11.2. The van der Waals surface area contributed by atoms with Gasteiger partial charge in [0.1, 0.15) is 6.33 Å². The molecular weight excluding hydrogens is 290 g/mol. The predicted octanol–water partition coefficient (Wildman–Crippen LogP) is 3.22. The summed E-state index contributed by atoms with van der Waals surface area (Å²) < 4.78 is 1.19. The lowest BCUT2D eigenvalue weighted by molar-refractivity contribution is -0.117. The van der Waals surface area contributed by atoms with E-state index in [1.807, 2.05) is 6.07 Å². The first-order valence-corrected chi connectivity index (χ1v) is 8.50. The number of nitrogens with one attached hydrogen (secondary N) is 1. The van der Waals surface area contributed by atoms with Gasteiger partial charge in [-0.05, 0) is 30.9 Å². The molecule has 0 atom stereocenters. The molecule has 122 valence electrons. The Bertz CT molecular complexity index is 732. The molecular formula is C18H23N3O2. The van der Waals surface area contributed by atoms with E-state index in [2.05, 4.69) is 10.4 Å². The molecule has 1 aliphatic carbocycles. The zero-order valence-corrected chi connectivity index (χ0v) is 13.3. The molecule has 1 fully saturated rings. The van der Waals surface area contributed by atoms with Gasteiger partial charge in [0.25, 0.3) is 5.56 Å². The van der Waals surface area contributed by atoms with Gasteiger partial charge >= 0.3 is 0 Å². The first kappa shape index (κ1) is 15.7. The van der Waals surface area contributed by atoms with Gasteiger partial charge in [-0.2, -0.15) is 0 Å². The highest BCUT2D eigenvalue weighted by Crippen LogP contribution is 2.27. The standard InChI is InChI=1S/C18H23N3O2/c22-17(12-6-9-14-7-2-1-3-8-14)20-21-13-19-16-11-5-4-10-15(16)18(21)23/h4-5,10-11,13-14H,1-3,6-9,12H2,(H,20,22). The average Bonchev–Trinajstić information content (AvgIpc) is 2.59. The number of para-hydroxylation sites is 1. The van der Waals surface area contributed by atoms with Gasteiger partial charge < -0.3 is 0 Å². The molecule has 5 nitrogen and oxygen atoms in total. The van der Waals surface area contributed by atoms with Crippen molar-refractivity contribution in [2.75, 3.05) is 5.43 Å². The Morgan fingerprint density at radius 3 is 2.83 bits per heavy atom. The largest absolute Gasteiger partial charge is 0.280 e. The average molecular weight is 313 g/mol. The lowest BCUT2D eigenvalue weighted by Gasteiger charge is -2.21. The fourth-order valence-electron chi connectivity index (χ4n) is 3.37. The van der Waals surface area contributed by atoms with E-state index in [1.54, 1.807) is 18.2 Å². The number of carbonyl (C=O) groups is 1. The van der Waals surface area contributed by atoms with Gasteiger partial charge in [-0.1, -0.05) is 44.2 Å². The number of rotatable bonds is 5. The molecule has 0 bridgehead atoms. The molecule has 1 amide bonds. The van der Waals surface area contributed by atoms with Gasteiger partial charge in [0.05, 0.1) is 10.9 Å². The molecule has 1 saturated carbocycles. The highest BCUT2D eigenvalue weighted by Gasteiger charge is 2.14. The van der Waals surface area contributed by atoms with E-state index in [4.69, 9.17) is 0 Å². The van der Waals surface area contributed by atoms with Crippen molar-refractivity contribution in [2.24, 2.45) is 5.92 Å². The maximum absolute atomic E-state index is 12.3. The highest BCUT2D eigenvalue weighted by atomic mass is 16.2. The van der Waals surface area contributed by atoms with Crippen LogP contribution < -0.4 is 11.0 Å². The summed E-state index contributed by atoms with van der Waals surface area (Å²) in [6, 6.07) is 7.13. The monoisotopic (exact) mass is 313 g/mol. The number of carbonyl (C=O) groups excluding carboxylic acids is 1. The van der Waals surface area contributed by atoms with Crippen molar-refractivity contribution in [3.8, 4) is 0 Å². The van der Waals surface area contributed by atoms with Gasteiger partial charge in [-0.3, -0.25) is 15.0 Å². The lowest BCUT2D eigenvalue weighted by Crippen LogP contribution is -2.33. The second kappa shape index (κ2) is 7.40. The van der Waals surface area contributed by atoms with Crippen molar-refractivity contribution in [2.45, 2.75) is 51.4 Å². The molecule has 1 aliphatic rings. The third-order valence-corrected chi connectivity index (χ3v) is 4.65. The minimum atomic E-state index is -0.240. The van der Waals surface area contributed by atoms with Gasteiger partial charge in [0, 0.05) is 6.42 Å². The van der Waals surface area contributed by atoms with E-state index in [0.29, 0.717) is 17.3 Å². The second-order valence-corrected chi connectivity index (χ2v) is 6.37. The van der Waals surface area contributed by atoms with E-state index in [0.717, 1.165) is 18.8 Å². The molecule has 0 saturated heterocycles. The SMILES string of the molecule is O=C(CCCC1CCCCC1)Nn1cnc2ccccc2c1=O. The molecule has 2 aromatic rings. The summed E-state index contributed by atoms with van der Waals surface area (Å²) in [4.78, 5) is 28.5. The Kier molecular flexibility index (Phi) is 5.05. The fraction of sp³-hybridized carbons (Fsp3) is 0.500. The van der Waals surface area contributed by atoms with Crippen molar-refractivity contribution in [1.82, 2.24) is 9.66 Å². The summed E-state index contributed by atoms with van der Waals surface area (Å²) in [6.45, 7) is 0. The number of hydrogen-bond donors (Lipinski definition) is 1. The number of hydrogen-bond acceptors (Lipinski definition) is 3. The van der Waals surface area contributed by atoms with E-state index in [9.17, 15) is 9.59 Å². The lowest BCUT2D eigenvalue weighted by atomic mass is 9.86. The van der Waals surface area contributed by atoms with Crippen LogP contribution in [0.5, 0.6) is 0 Å². The summed E-state index contributed by atoms with van der Waals surface area (Å²) in [6.07, 6.45) is 10.4. The molecule has 0 aliphatic heterocycles. The number of aromatic nitrogens is 2. The Labute approximate surface area is 135 Å². The van der Waals surface area contributed by atoms with E-state index in [1.165, 1.54) is 43.1 Å². The van der Waals surface area contributed by atoms with Crippen molar-refractivity contribution in [3.63, 3.8) is 0 Å². The molecule has 1 N–H and O–H groups in total. The van der Waals surface area contributed by atoms with Crippen molar-refractivity contribution >= 4 is 16.8 Å². The number of fused-ring (bicyclic) bond motifs is 1.